The molecule has 2 rings (SSSR count). The summed E-state index contributed by atoms with van der Waals surface area (Å²) in [5, 5.41) is 5.50. The normalized spacial score (nSPS) is 10.4. The van der Waals surface area contributed by atoms with Crippen molar-refractivity contribution >= 4 is 17.2 Å². The van der Waals surface area contributed by atoms with Crippen molar-refractivity contribution < 1.29 is 9.53 Å². The van der Waals surface area contributed by atoms with E-state index in [2.05, 4.69) is 10.3 Å². The van der Waals surface area contributed by atoms with Crippen LogP contribution in [-0.4, -0.2) is 24.5 Å². The van der Waals surface area contributed by atoms with Crippen LogP contribution in [0.3, 0.4) is 0 Å². The monoisotopic (exact) mass is 305 g/mol. The lowest BCUT2D eigenvalue weighted by Crippen LogP contribution is -2.23. The molecule has 0 aliphatic carbocycles. The molecule has 0 unspecified atom stereocenters. The second kappa shape index (κ2) is 7.19. The Bertz CT molecular complexity index is 625. The van der Waals surface area contributed by atoms with Gasteiger partial charge in [-0.2, -0.15) is 0 Å². The first-order valence-electron chi connectivity index (χ1n) is 6.70. The molecule has 0 bridgehead atoms. The van der Waals surface area contributed by atoms with Crippen LogP contribution in [0.25, 0.3) is 0 Å². The third kappa shape index (κ3) is 4.03. The largest absolute Gasteiger partial charge is 0.496 e. The summed E-state index contributed by atoms with van der Waals surface area (Å²) in [5.41, 5.74) is 7.97. The third-order valence-electron chi connectivity index (χ3n) is 3.02. The lowest BCUT2D eigenvalue weighted by molar-refractivity contribution is 0.0946. The highest BCUT2D eigenvalue weighted by Gasteiger charge is 2.11. The number of aromatic nitrogens is 1. The number of aryl methyl sites for hydroxylation is 1. The first-order valence-corrected chi connectivity index (χ1v) is 7.58. The Hall–Kier alpha value is -1.92. The number of nitrogens with one attached hydrogen (secondary N) is 1. The third-order valence-corrected chi connectivity index (χ3v) is 3.93. The van der Waals surface area contributed by atoms with Crippen molar-refractivity contribution in [3.8, 4) is 5.75 Å². The van der Waals surface area contributed by atoms with E-state index in [9.17, 15) is 4.79 Å². The van der Waals surface area contributed by atoms with E-state index >= 15 is 0 Å². The number of rotatable bonds is 6. The van der Waals surface area contributed by atoms with Gasteiger partial charge in [0.1, 0.15) is 11.4 Å². The molecule has 0 atom stereocenters. The predicted molar refractivity (Wildman–Crippen MR) is 83.8 cm³/mol. The zero-order valence-corrected chi connectivity index (χ0v) is 13.0. The Morgan fingerprint density at radius 2 is 2.29 bits per heavy atom. The Morgan fingerprint density at radius 1 is 1.48 bits per heavy atom. The minimum Gasteiger partial charge on any atom is -0.496 e. The number of ether oxygens (including phenoxy) is 1. The summed E-state index contributed by atoms with van der Waals surface area (Å²) in [6.07, 6.45) is 0.698. The van der Waals surface area contributed by atoms with Crippen LogP contribution in [0, 0.1) is 6.92 Å². The molecule has 2 aromatic rings. The fraction of sp³-hybridized carbons (Fsp3) is 0.333. The van der Waals surface area contributed by atoms with Crippen LogP contribution in [0.2, 0.25) is 0 Å². The maximum absolute atomic E-state index is 12.1. The standard InChI is InChI=1S/C15H19N3O2S/c1-10-3-4-11(13(7-10)20-2)8-17-15(19)12-9-21-14(18-12)5-6-16/h3-4,7,9H,5-6,8,16H2,1-2H3,(H,17,19). The zero-order valence-electron chi connectivity index (χ0n) is 12.2. The number of hydrogen-bond donors (Lipinski definition) is 2. The van der Waals surface area contributed by atoms with Gasteiger partial charge in [0.15, 0.2) is 0 Å². The number of methoxy groups -OCH3 is 1. The number of carbonyl (C=O) groups is 1. The fourth-order valence-electron chi connectivity index (χ4n) is 1.92. The van der Waals surface area contributed by atoms with Crippen molar-refractivity contribution in [2.24, 2.45) is 5.73 Å². The minimum absolute atomic E-state index is 0.183. The van der Waals surface area contributed by atoms with Gasteiger partial charge in [-0.3, -0.25) is 4.79 Å². The Morgan fingerprint density at radius 3 is 3.00 bits per heavy atom. The van der Waals surface area contributed by atoms with Crippen molar-refractivity contribution in [1.82, 2.24) is 10.3 Å². The summed E-state index contributed by atoms with van der Waals surface area (Å²) in [6, 6.07) is 5.89. The van der Waals surface area contributed by atoms with Crippen LogP contribution in [0.4, 0.5) is 0 Å². The van der Waals surface area contributed by atoms with Gasteiger partial charge < -0.3 is 15.8 Å². The van der Waals surface area contributed by atoms with Crippen molar-refractivity contribution in [1.29, 1.82) is 0 Å². The van der Waals surface area contributed by atoms with Gasteiger partial charge in [0, 0.05) is 23.9 Å². The molecular weight excluding hydrogens is 286 g/mol. The van der Waals surface area contributed by atoms with Crippen molar-refractivity contribution in [2.45, 2.75) is 19.9 Å². The van der Waals surface area contributed by atoms with Gasteiger partial charge >= 0.3 is 0 Å². The van der Waals surface area contributed by atoms with E-state index in [0.29, 0.717) is 25.2 Å². The molecule has 1 aromatic heterocycles. The minimum atomic E-state index is -0.183. The summed E-state index contributed by atoms with van der Waals surface area (Å²) >= 11 is 1.46. The van der Waals surface area contributed by atoms with Crippen LogP contribution in [0.5, 0.6) is 5.75 Å². The van der Waals surface area contributed by atoms with E-state index in [1.54, 1.807) is 12.5 Å². The fourth-order valence-corrected chi connectivity index (χ4v) is 2.71. The van der Waals surface area contributed by atoms with Crippen LogP contribution in [0.1, 0.15) is 26.6 Å². The molecule has 0 aliphatic heterocycles. The average molecular weight is 305 g/mol. The Labute approximate surface area is 128 Å². The van der Waals surface area contributed by atoms with E-state index < -0.39 is 0 Å². The molecule has 0 radical (unpaired) electrons. The molecule has 0 aliphatic rings. The molecule has 0 fully saturated rings. The van der Waals surface area contributed by atoms with Gasteiger partial charge in [0.25, 0.3) is 5.91 Å². The molecular formula is C15H19N3O2S. The molecule has 21 heavy (non-hydrogen) atoms. The van der Waals surface area contributed by atoms with E-state index in [0.717, 1.165) is 21.9 Å². The maximum atomic E-state index is 12.1. The molecule has 1 heterocycles. The maximum Gasteiger partial charge on any atom is 0.271 e. The molecule has 0 saturated heterocycles. The molecule has 0 spiro atoms. The van der Waals surface area contributed by atoms with E-state index in [1.165, 1.54) is 11.3 Å². The van der Waals surface area contributed by atoms with Crippen LogP contribution < -0.4 is 15.8 Å². The second-order valence-corrected chi connectivity index (χ2v) is 5.61. The summed E-state index contributed by atoms with van der Waals surface area (Å²) in [7, 11) is 1.62. The van der Waals surface area contributed by atoms with Gasteiger partial charge in [0.2, 0.25) is 0 Å². The predicted octanol–water partition coefficient (Wildman–Crippen LogP) is 1.89. The first kappa shape index (κ1) is 15.5. The second-order valence-electron chi connectivity index (χ2n) is 4.66. The number of amides is 1. The van der Waals surface area contributed by atoms with Crippen molar-refractivity contribution in [2.75, 3.05) is 13.7 Å². The van der Waals surface area contributed by atoms with Gasteiger partial charge in [-0.1, -0.05) is 12.1 Å². The number of carbonyl (C=O) groups excluding carboxylic acids is 1. The Balaban J connectivity index is 2.00. The van der Waals surface area contributed by atoms with Gasteiger partial charge in [-0.05, 0) is 25.1 Å². The molecule has 1 aromatic carbocycles. The van der Waals surface area contributed by atoms with Gasteiger partial charge in [0.05, 0.1) is 12.1 Å². The highest BCUT2D eigenvalue weighted by molar-refractivity contribution is 7.09. The topological polar surface area (TPSA) is 77.2 Å². The zero-order chi connectivity index (χ0) is 15.2. The number of thiazole rings is 1. The quantitative estimate of drug-likeness (QED) is 0.854. The van der Waals surface area contributed by atoms with Crippen LogP contribution in [-0.2, 0) is 13.0 Å². The lowest BCUT2D eigenvalue weighted by Gasteiger charge is -2.10. The van der Waals surface area contributed by atoms with E-state index in [4.69, 9.17) is 10.5 Å². The van der Waals surface area contributed by atoms with Gasteiger partial charge in [-0.15, -0.1) is 11.3 Å². The lowest BCUT2D eigenvalue weighted by atomic mass is 10.1. The average Bonchev–Trinajstić information content (AvgIpc) is 2.94. The summed E-state index contributed by atoms with van der Waals surface area (Å²) < 4.78 is 5.32. The first-order chi connectivity index (χ1) is 10.1. The highest BCUT2D eigenvalue weighted by Crippen LogP contribution is 2.19. The summed E-state index contributed by atoms with van der Waals surface area (Å²) in [5.74, 6) is 0.592. The number of nitrogens with zero attached hydrogens (tertiary/aromatic N) is 1. The molecule has 5 nitrogen and oxygen atoms in total. The smallest absolute Gasteiger partial charge is 0.271 e. The van der Waals surface area contributed by atoms with Crippen LogP contribution >= 0.6 is 11.3 Å². The van der Waals surface area contributed by atoms with Gasteiger partial charge in [-0.25, -0.2) is 4.98 Å². The SMILES string of the molecule is COc1cc(C)ccc1CNC(=O)c1csc(CCN)n1. The summed E-state index contributed by atoms with van der Waals surface area (Å²) in [6.45, 7) is 2.94. The number of benzene rings is 1. The molecule has 112 valence electrons. The molecule has 6 heteroatoms. The Kier molecular flexibility index (Phi) is 5.30. The molecule has 0 saturated carbocycles. The van der Waals surface area contributed by atoms with E-state index in [1.807, 2.05) is 25.1 Å². The summed E-state index contributed by atoms with van der Waals surface area (Å²) in [4.78, 5) is 16.3. The molecule has 3 N–H and O–H groups in total. The van der Waals surface area contributed by atoms with E-state index in [-0.39, 0.29) is 5.91 Å². The molecule has 1 amide bonds. The highest BCUT2D eigenvalue weighted by atomic mass is 32.1. The number of hydrogen-bond acceptors (Lipinski definition) is 5. The van der Waals surface area contributed by atoms with Crippen LogP contribution in [0.15, 0.2) is 23.6 Å². The number of nitrogens with two attached hydrogens (primary N) is 1. The van der Waals surface area contributed by atoms with Crippen molar-refractivity contribution in [3.63, 3.8) is 0 Å². The van der Waals surface area contributed by atoms with Crippen molar-refractivity contribution in [3.05, 3.63) is 45.4 Å².